The standard InChI is InChI=1S/C15H14N3/c1-17-15(13-8-4-2-5-9-13)12-18(16-17)14-10-6-3-7-11-14/h2-12H,1H3/q+1. The van der Waals surface area contributed by atoms with Crippen LogP contribution >= 0.6 is 0 Å². The van der Waals surface area contributed by atoms with Gasteiger partial charge in [-0.05, 0) is 12.1 Å². The van der Waals surface area contributed by atoms with E-state index in [1.54, 1.807) is 0 Å². The Morgan fingerprint density at radius 3 is 2.17 bits per heavy atom. The van der Waals surface area contributed by atoms with Crippen LogP contribution in [0.2, 0.25) is 0 Å². The minimum Gasteiger partial charge on any atom is -0.132 e. The molecule has 18 heavy (non-hydrogen) atoms. The van der Waals surface area contributed by atoms with E-state index in [-0.39, 0.29) is 0 Å². The third-order valence-corrected chi connectivity index (χ3v) is 2.91. The molecule has 0 N–H and O–H groups in total. The Morgan fingerprint density at radius 2 is 1.50 bits per heavy atom. The van der Waals surface area contributed by atoms with Crippen molar-refractivity contribution in [3.63, 3.8) is 0 Å². The van der Waals surface area contributed by atoms with Gasteiger partial charge in [0.1, 0.15) is 7.05 Å². The van der Waals surface area contributed by atoms with Gasteiger partial charge < -0.3 is 0 Å². The molecule has 3 nitrogen and oxygen atoms in total. The normalized spacial score (nSPS) is 10.5. The summed E-state index contributed by atoms with van der Waals surface area (Å²) in [6.07, 6.45) is 2.05. The van der Waals surface area contributed by atoms with E-state index in [0.29, 0.717) is 0 Å². The van der Waals surface area contributed by atoms with Crippen LogP contribution in [0.25, 0.3) is 16.9 Å². The average molecular weight is 236 g/mol. The van der Waals surface area contributed by atoms with Crippen molar-refractivity contribution in [2.24, 2.45) is 7.05 Å². The predicted octanol–water partition coefficient (Wildman–Crippen LogP) is 2.36. The minimum absolute atomic E-state index is 1.07. The van der Waals surface area contributed by atoms with Crippen LogP contribution in [-0.4, -0.2) is 9.90 Å². The largest absolute Gasteiger partial charge is 0.197 e. The van der Waals surface area contributed by atoms with E-state index in [0.717, 1.165) is 11.4 Å². The highest BCUT2D eigenvalue weighted by atomic mass is 15.5. The number of benzene rings is 2. The van der Waals surface area contributed by atoms with Gasteiger partial charge in [-0.1, -0.05) is 48.5 Å². The van der Waals surface area contributed by atoms with Crippen molar-refractivity contribution in [1.29, 1.82) is 0 Å². The van der Waals surface area contributed by atoms with Crippen LogP contribution in [0, 0.1) is 0 Å². The van der Waals surface area contributed by atoms with Gasteiger partial charge in [0.2, 0.25) is 0 Å². The van der Waals surface area contributed by atoms with Crippen molar-refractivity contribution in [2.45, 2.75) is 0 Å². The Morgan fingerprint density at radius 1 is 0.889 bits per heavy atom. The van der Waals surface area contributed by atoms with E-state index in [9.17, 15) is 0 Å². The van der Waals surface area contributed by atoms with Gasteiger partial charge in [0, 0.05) is 5.56 Å². The van der Waals surface area contributed by atoms with Gasteiger partial charge in [0.15, 0.2) is 17.6 Å². The third kappa shape index (κ3) is 1.91. The Kier molecular flexibility index (Phi) is 2.65. The maximum atomic E-state index is 4.49. The van der Waals surface area contributed by atoms with E-state index >= 15 is 0 Å². The molecule has 0 saturated heterocycles. The lowest BCUT2D eigenvalue weighted by molar-refractivity contribution is -0.721. The topological polar surface area (TPSA) is 21.7 Å². The number of aromatic nitrogens is 3. The second-order valence-electron chi connectivity index (χ2n) is 4.17. The lowest BCUT2D eigenvalue weighted by atomic mass is 10.2. The number of nitrogens with zero attached hydrogens (tertiary/aromatic N) is 3. The summed E-state index contributed by atoms with van der Waals surface area (Å²) >= 11 is 0. The molecule has 0 amide bonds. The molecule has 1 heterocycles. The van der Waals surface area contributed by atoms with Gasteiger partial charge in [-0.15, -0.1) is 9.36 Å². The smallest absolute Gasteiger partial charge is 0.132 e. The fourth-order valence-electron chi connectivity index (χ4n) is 2.00. The number of hydrogen-bond acceptors (Lipinski definition) is 1. The molecule has 1 aromatic heterocycles. The van der Waals surface area contributed by atoms with Gasteiger partial charge in [-0.25, -0.2) is 0 Å². The summed E-state index contributed by atoms with van der Waals surface area (Å²) in [5.74, 6) is 0. The minimum atomic E-state index is 1.07. The zero-order valence-corrected chi connectivity index (χ0v) is 10.2. The molecule has 0 spiro atoms. The fraction of sp³-hybridized carbons (Fsp3) is 0.0667. The van der Waals surface area contributed by atoms with E-state index in [1.165, 1.54) is 5.56 Å². The highest BCUT2D eigenvalue weighted by Crippen LogP contribution is 2.15. The van der Waals surface area contributed by atoms with Crippen LogP contribution in [0.3, 0.4) is 0 Å². The van der Waals surface area contributed by atoms with Crippen molar-refractivity contribution in [3.05, 3.63) is 66.9 Å². The Bertz CT molecular complexity index is 642. The van der Waals surface area contributed by atoms with Gasteiger partial charge in [-0.3, -0.25) is 0 Å². The molecule has 3 rings (SSSR count). The van der Waals surface area contributed by atoms with Crippen molar-refractivity contribution < 1.29 is 4.68 Å². The number of aryl methyl sites for hydroxylation is 1. The lowest BCUT2D eigenvalue weighted by Crippen LogP contribution is -2.33. The zero-order chi connectivity index (χ0) is 12.4. The molecule has 0 unspecified atom stereocenters. The summed E-state index contributed by atoms with van der Waals surface area (Å²) in [7, 11) is 1.96. The molecule has 0 atom stereocenters. The first kappa shape index (κ1) is 10.7. The Hall–Kier alpha value is -2.42. The van der Waals surface area contributed by atoms with Gasteiger partial charge in [0.25, 0.3) is 0 Å². The van der Waals surface area contributed by atoms with Crippen molar-refractivity contribution >= 4 is 0 Å². The van der Waals surface area contributed by atoms with Gasteiger partial charge >= 0.3 is 0 Å². The van der Waals surface area contributed by atoms with Crippen LogP contribution < -0.4 is 4.68 Å². The predicted molar refractivity (Wildman–Crippen MR) is 70.2 cm³/mol. The first-order chi connectivity index (χ1) is 8.84. The monoisotopic (exact) mass is 236 g/mol. The van der Waals surface area contributed by atoms with E-state index in [1.807, 2.05) is 71.1 Å². The molecule has 0 radical (unpaired) electrons. The van der Waals surface area contributed by atoms with Crippen molar-refractivity contribution in [3.8, 4) is 16.9 Å². The molecule has 0 aliphatic heterocycles. The highest BCUT2D eigenvalue weighted by Gasteiger charge is 2.15. The summed E-state index contributed by atoms with van der Waals surface area (Å²) in [4.78, 5) is 0. The van der Waals surface area contributed by atoms with Crippen molar-refractivity contribution in [1.82, 2.24) is 9.90 Å². The third-order valence-electron chi connectivity index (χ3n) is 2.91. The lowest BCUT2D eigenvalue weighted by Gasteiger charge is -1.92. The molecule has 0 saturated carbocycles. The molecular weight excluding hydrogens is 222 g/mol. The van der Waals surface area contributed by atoms with Crippen LogP contribution in [0.1, 0.15) is 0 Å². The molecule has 3 aromatic rings. The molecule has 0 aliphatic carbocycles. The van der Waals surface area contributed by atoms with Gasteiger partial charge in [-0.2, -0.15) is 0 Å². The van der Waals surface area contributed by atoms with Crippen LogP contribution in [0.15, 0.2) is 66.9 Å². The number of para-hydroxylation sites is 1. The summed E-state index contributed by atoms with van der Waals surface area (Å²) < 4.78 is 3.78. The molecule has 0 fully saturated rings. The Labute approximate surface area is 106 Å². The number of rotatable bonds is 2. The average Bonchev–Trinajstić information content (AvgIpc) is 2.83. The van der Waals surface area contributed by atoms with Crippen LogP contribution in [0.5, 0.6) is 0 Å². The van der Waals surface area contributed by atoms with Crippen molar-refractivity contribution in [2.75, 3.05) is 0 Å². The summed E-state index contributed by atoms with van der Waals surface area (Å²) in [5, 5.41) is 4.49. The molecule has 3 heteroatoms. The highest BCUT2D eigenvalue weighted by molar-refractivity contribution is 5.55. The van der Waals surface area contributed by atoms with Crippen LogP contribution in [0.4, 0.5) is 0 Å². The summed E-state index contributed by atoms with van der Waals surface area (Å²) in [6, 6.07) is 20.4. The number of hydrogen-bond donors (Lipinski definition) is 0. The SMILES string of the molecule is C[n+]1nn(-c2ccccc2)cc1-c1ccccc1. The van der Waals surface area contributed by atoms with E-state index in [2.05, 4.69) is 17.3 Å². The molecule has 2 aromatic carbocycles. The van der Waals surface area contributed by atoms with E-state index < -0.39 is 0 Å². The second-order valence-corrected chi connectivity index (χ2v) is 4.17. The maximum Gasteiger partial charge on any atom is 0.197 e. The molecular formula is C15H14N3+. The molecule has 0 bridgehead atoms. The summed E-state index contributed by atoms with van der Waals surface area (Å²) in [5.41, 5.74) is 3.33. The van der Waals surface area contributed by atoms with E-state index in [4.69, 9.17) is 0 Å². The quantitative estimate of drug-likeness (QED) is 0.626. The fourth-order valence-corrected chi connectivity index (χ4v) is 2.00. The second kappa shape index (κ2) is 4.45. The zero-order valence-electron chi connectivity index (χ0n) is 10.2. The maximum absolute atomic E-state index is 4.49. The van der Waals surface area contributed by atoms with Gasteiger partial charge in [0.05, 0.1) is 5.21 Å². The van der Waals surface area contributed by atoms with Crippen LogP contribution in [-0.2, 0) is 7.05 Å². The first-order valence-corrected chi connectivity index (χ1v) is 5.91. The molecule has 88 valence electrons. The molecule has 0 aliphatic rings. The Balaban J connectivity index is 2.07. The first-order valence-electron chi connectivity index (χ1n) is 5.91. The summed E-state index contributed by atoms with van der Waals surface area (Å²) in [6.45, 7) is 0.